The number of benzene rings is 1. The lowest BCUT2D eigenvalue weighted by Gasteiger charge is -2.15. The van der Waals surface area contributed by atoms with E-state index in [1.807, 2.05) is 0 Å². The van der Waals surface area contributed by atoms with Gasteiger partial charge in [0.05, 0.1) is 4.92 Å². The van der Waals surface area contributed by atoms with Crippen LogP contribution in [-0.4, -0.2) is 29.4 Å². The minimum atomic E-state index is -0.633. The summed E-state index contributed by atoms with van der Waals surface area (Å²) < 4.78 is 0. The topological polar surface area (TPSA) is 113 Å². The summed E-state index contributed by atoms with van der Waals surface area (Å²) >= 11 is 0. The van der Waals surface area contributed by atoms with Crippen molar-refractivity contribution in [3.8, 4) is 0 Å². The van der Waals surface area contributed by atoms with Gasteiger partial charge in [0.15, 0.2) is 0 Å². The van der Waals surface area contributed by atoms with Crippen molar-refractivity contribution in [2.45, 2.75) is 25.3 Å². The zero-order valence-corrected chi connectivity index (χ0v) is 11.3. The highest BCUT2D eigenvalue weighted by Crippen LogP contribution is 2.22. The van der Waals surface area contributed by atoms with Gasteiger partial charge in [0, 0.05) is 12.6 Å². The molecule has 1 aromatic rings. The van der Waals surface area contributed by atoms with E-state index < -0.39 is 17.0 Å². The van der Waals surface area contributed by atoms with Gasteiger partial charge >= 0.3 is 6.03 Å². The van der Waals surface area contributed by atoms with Crippen LogP contribution in [0.1, 0.15) is 19.3 Å². The van der Waals surface area contributed by atoms with Crippen LogP contribution in [0.15, 0.2) is 24.3 Å². The molecule has 1 aliphatic rings. The molecule has 1 heterocycles. The summed E-state index contributed by atoms with van der Waals surface area (Å²) in [4.78, 5) is 33.9. The summed E-state index contributed by atoms with van der Waals surface area (Å²) in [6.45, 7) is 0.600. The predicted molar refractivity (Wildman–Crippen MR) is 75.9 cm³/mol. The van der Waals surface area contributed by atoms with Crippen molar-refractivity contribution >= 4 is 23.3 Å². The van der Waals surface area contributed by atoms with Crippen LogP contribution >= 0.6 is 0 Å². The van der Waals surface area contributed by atoms with Crippen molar-refractivity contribution < 1.29 is 14.5 Å². The van der Waals surface area contributed by atoms with E-state index in [0.717, 1.165) is 12.8 Å². The third-order valence-electron chi connectivity index (χ3n) is 3.19. The first-order valence-electron chi connectivity index (χ1n) is 6.66. The molecule has 112 valence electrons. The number of carbonyl (C=O) groups is 2. The van der Waals surface area contributed by atoms with E-state index >= 15 is 0 Å². The number of nitro groups is 1. The van der Waals surface area contributed by atoms with E-state index in [1.165, 1.54) is 18.2 Å². The second-order valence-corrected chi connectivity index (χ2v) is 4.71. The van der Waals surface area contributed by atoms with Gasteiger partial charge in [0.25, 0.3) is 5.69 Å². The minimum absolute atomic E-state index is 0.0917. The van der Waals surface area contributed by atoms with Crippen LogP contribution in [0.3, 0.4) is 0 Å². The van der Waals surface area contributed by atoms with Gasteiger partial charge < -0.3 is 16.0 Å². The Kier molecular flexibility index (Phi) is 4.70. The van der Waals surface area contributed by atoms with Gasteiger partial charge in [-0.3, -0.25) is 14.9 Å². The number of anilines is 1. The highest BCUT2D eigenvalue weighted by molar-refractivity contribution is 5.95. The minimum Gasteiger partial charge on any atom is -0.354 e. The number of amides is 3. The van der Waals surface area contributed by atoms with Crippen molar-refractivity contribution in [1.29, 1.82) is 0 Å². The summed E-state index contributed by atoms with van der Waals surface area (Å²) in [6, 6.07) is 4.58. The SMILES string of the molecule is O=C(Nc1ccccc1[N+](=O)[O-])N[C@@H]1CCCCNC1=O. The number of nitrogens with zero attached hydrogens (tertiary/aromatic N) is 1. The van der Waals surface area contributed by atoms with Gasteiger partial charge in [-0.2, -0.15) is 0 Å². The molecule has 0 bridgehead atoms. The van der Waals surface area contributed by atoms with E-state index in [-0.39, 0.29) is 17.3 Å². The molecule has 0 saturated carbocycles. The predicted octanol–water partition coefficient (Wildman–Crippen LogP) is 1.38. The monoisotopic (exact) mass is 292 g/mol. The zero-order chi connectivity index (χ0) is 15.2. The molecule has 1 saturated heterocycles. The van der Waals surface area contributed by atoms with Gasteiger partial charge in [0.1, 0.15) is 11.7 Å². The molecular formula is C13H16N4O4. The smallest absolute Gasteiger partial charge is 0.320 e. The lowest BCUT2D eigenvalue weighted by atomic mass is 10.1. The standard InChI is InChI=1S/C13H16N4O4/c18-12-10(6-3-4-8-14-12)16-13(19)15-9-5-1-2-7-11(9)17(20)21/h1-2,5,7,10H,3-4,6,8H2,(H,14,18)(H2,15,16,19)/t10-/m1/s1. The average molecular weight is 292 g/mol. The maximum Gasteiger partial charge on any atom is 0.320 e. The molecule has 0 spiro atoms. The fraction of sp³-hybridized carbons (Fsp3) is 0.385. The molecule has 3 N–H and O–H groups in total. The quantitative estimate of drug-likeness (QED) is 0.577. The number of urea groups is 1. The molecule has 8 nitrogen and oxygen atoms in total. The first-order valence-corrected chi connectivity index (χ1v) is 6.66. The number of rotatable bonds is 3. The van der Waals surface area contributed by atoms with Crippen LogP contribution in [0.25, 0.3) is 0 Å². The molecule has 2 rings (SSSR count). The molecule has 8 heteroatoms. The summed E-state index contributed by atoms with van der Waals surface area (Å²) in [5.74, 6) is -0.231. The Hall–Kier alpha value is -2.64. The van der Waals surface area contributed by atoms with Gasteiger partial charge in [-0.15, -0.1) is 0 Å². The summed E-state index contributed by atoms with van der Waals surface area (Å²) in [5.41, 5.74) is -0.105. The summed E-state index contributed by atoms with van der Waals surface area (Å²) in [7, 11) is 0. The molecule has 0 unspecified atom stereocenters. The highest BCUT2D eigenvalue weighted by Gasteiger charge is 2.23. The number of hydrogen-bond acceptors (Lipinski definition) is 4. The Morgan fingerprint density at radius 1 is 1.33 bits per heavy atom. The number of hydrogen-bond donors (Lipinski definition) is 3. The van der Waals surface area contributed by atoms with E-state index in [4.69, 9.17) is 0 Å². The second-order valence-electron chi connectivity index (χ2n) is 4.71. The van der Waals surface area contributed by atoms with E-state index in [0.29, 0.717) is 13.0 Å². The molecule has 0 radical (unpaired) electrons. The van der Waals surface area contributed by atoms with E-state index in [2.05, 4.69) is 16.0 Å². The van der Waals surface area contributed by atoms with Gasteiger partial charge in [-0.25, -0.2) is 4.79 Å². The van der Waals surface area contributed by atoms with Gasteiger partial charge in [-0.1, -0.05) is 12.1 Å². The average Bonchev–Trinajstić information content (AvgIpc) is 2.64. The van der Waals surface area contributed by atoms with Crippen molar-refractivity contribution in [2.75, 3.05) is 11.9 Å². The Morgan fingerprint density at radius 2 is 2.10 bits per heavy atom. The molecule has 21 heavy (non-hydrogen) atoms. The lowest BCUT2D eigenvalue weighted by molar-refractivity contribution is -0.383. The maximum absolute atomic E-state index is 11.9. The third kappa shape index (κ3) is 3.91. The molecule has 1 atom stereocenters. The molecule has 1 aliphatic heterocycles. The number of carbonyl (C=O) groups excluding carboxylic acids is 2. The van der Waals surface area contributed by atoms with Gasteiger partial charge in [-0.05, 0) is 25.3 Å². The molecular weight excluding hydrogens is 276 g/mol. The van der Waals surface area contributed by atoms with Gasteiger partial charge in [0.2, 0.25) is 5.91 Å². The highest BCUT2D eigenvalue weighted by atomic mass is 16.6. The molecule has 1 aromatic carbocycles. The molecule has 3 amide bonds. The van der Waals surface area contributed by atoms with Crippen LogP contribution in [0, 0.1) is 10.1 Å². The third-order valence-corrected chi connectivity index (χ3v) is 3.19. The normalized spacial score (nSPS) is 18.3. The first kappa shape index (κ1) is 14.8. The fourth-order valence-electron chi connectivity index (χ4n) is 2.13. The number of para-hydroxylation sites is 2. The molecule has 0 aliphatic carbocycles. The fourth-order valence-corrected chi connectivity index (χ4v) is 2.13. The summed E-state index contributed by atoms with van der Waals surface area (Å²) in [6.07, 6.45) is 2.25. The van der Waals surface area contributed by atoms with Crippen LogP contribution in [-0.2, 0) is 4.79 Å². The van der Waals surface area contributed by atoms with Crippen molar-refractivity contribution in [3.63, 3.8) is 0 Å². The van der Waals surface area contributed by atoms with E-state index in [1.54, 1.807) is 6.07 Å². The van der Waals surface area contributed by atoms with Crippen LogP contribution < -0.4 is 16.0 Å². The van der Waals surface area contributed by atoms with E-state index in [9.17, 15) is 19.7 Å². The van der Waals surface area contributed by atoms with Crippen molar-refractivity contribution in [2.24, 2.45) is 0 Å². The Labute approximate surface area is 121 Å². The first-order chi connectivity index (χ1) is 10.1. The van der Waals surface area contributed by atoms with Crippen LogP contribution in [0.2, 0.25) is 0 Å². The second kappa shape index (κ2) is 6.69. The number of nitro benzene ring substituents is 1. The summed E-state index contributed by atoms with van der Waals surface area (Å²) in [5, 5.41) is 18.5. The van der Waals surface area contributed by atoms with Crippen LogP contribution in [0.5, 0.6) is 0 Å². The van der Waals surface area contributed by atoms with Crippen molar-refractivity contribution in [3.05, 3.63) is 34.4 Å². The lowest BCUT2D eigenvalue weighted by Crippen LogP contribution is -2.47. The number of nitrogens with one attached hydrogen (secondary N) is 3. The van der Waals surface area contributed by atoms with Crippen molar-refractivity contribution in [1.82, 2.24) is 10.6 Å². The molecule has 0 aromatic heterocycles. The Balaban J connectivity index is 2.01. The molecule has 1 fully saturated rings. The largest absolute Gasteiger partial charge is 0.354 e. The maximum atomic E-state index is 11.9. The zero-order valence-electron chi connectivity index (χ0n) is 11.3. The Bertz CT molecular complexity index is 561. The Morgan fingerprint density at radius 3 is 2.86 bits per heavy atom. The van der Waals surface area contributed by atoms with Crippen LogP contribution in [0.4, 0.5) is 16.2 Å².